The molecule has 0 atom stereocenters. The zero-order chi connectivity index (χ0) is 14.8. The van der Waals surface area contributed by atoms with E-state index in [2.05, 4.69) is 14.6 Å². The first kappa shape index (κ1) is 14.1. The number of benzene rings is 1. The van der Waals surface area contributed by atoms with Crippen LogP contribution in [0.3, 0.4) is 0 Å². The summed E-state index contributed by atoms with van der Waals surface area (Å²) < 4.78 is 17.2. The van der Waals surface area contributed by atoms with Gasteiger partial charge in [0.15, 0.2) is 0 Å². The van der Waals surface area contributed by atoms with E-state index in [1.54, 1.807) is 10.7 Å². The number of aromatic nitrogens is 4. The highest BCUT2D eigenvalue weighted by Crippen LogP contribution is 2.19. The Labute approximate surface area is 127 Å². The Morgan fingerprint density at radius 3 is 2.86 bits per heavy atom. The first-order chi connectivity index (χ1) is 10.2. The minimum absolute atomic E-state index is 0.267. The summed E-state index contributed by atoms with van der Waals surface area (Å²) in [6.07, 6.45) is 5.39. The van der Waals surface area contributed by atoms with E-state index in [4.69, 9.17) is 11.6 Å². The molecule has 2 aromatic heterocycles. The van der Waals surface area contributed by atoms with Crippen molar-refractivity contribution in [2.45, 2.75) is 19.4 Å². The third kappa shape index (κ3) is 2.93. The average Bonchev–Trinajstić information content (AvgIpc) is 3.00. The number of hydrogen-bond acceptors (Lipinski definition) is 2. The molecule has 2 heterocycles. The van der Waals surface area contributed by atoms with Gasteiger partial charge in [0, 0.05) is 38.2 Å². The molecule has 0 N–H and O–H groups in total. The molecular weight excluding hydrogens is 291 g/mol. The van der Waals surface area contributed by atoms with E-state index in [0.29, 0.717) is 17.8 Å². The Bertz CT molecular complexity index is 762. The van der Waals surface area contributed by atoms with E-state index < -0.39 is 0 Å². The number of nitrogens with zero attached hydrogens (tertiary/aromatic N) is 4. The van der Waals surface area contributed by atoms with Gasteiger partial charge in [0.05, 0.1) is 17.2 Å². The summed E-state index contributed by atoms with van der Waals surface area (Å²) in [5.74, 6) is 1.13. The van der Waals surface area contributed by atoms with E-state index in [9.17, 15) is 4.39 Å². The normalized spacial score (nSPS) is 11.4. The molecule has 0 aliphatic carbocycles. The molecule has 0 spiro atoms. The quantitative estimate of drug-likeness (QED) is 0.679. The van der Waals surface area contributed by atoms with Crippen molar-refractivity contribution in [3.8, 4) is 0 Å². The standard InChI is InChI=1S/C15H16ClFN4/c1-20-10-11(9-18-20)5-7-21-14-3-2-12(17)8-13(14)19-15(21)4-6-16/h2-3,8-10H,4-7H2,1H3. The van der Waals surface area contributed by atoms with E-state index >= 15 is 0 Å². The van der Waals surface area contributed by atoms with Crippen molar-refractivity contribution in [1.29, 1.82) is 0 Å². The van der Waals surface area contributed by atoms with Crippen LogP contribution in [0.1, 0.15) is 11.4 Å². The van der Waals surface area contributed by atoms with Crippen molar-refractivity contribution >= 4 is 22.6 Å². The number of alkyl halides is 1. The van der Waals surface area contributed by atoms with Crippen LogP contribution in [0.25, 0.3) is 11.0 Å². The topological polar surface area (TPSA) is 35.6 Å². The zero-order valence-electron chi connectivity index (χ0n) is 11.8. The fourth-order valence-electron chi connectivity index (χ4n) is 2.52. The summed E-state index contributed by atoms with van der Waals surface area (Å²) in [5, 5.41) is 4.17. The van der Waals surface area contributed by atoms with Gasteiger partial charge in [-0.2, -0.15) is 5.10 Å². The monoisotopic (exact) mass is 306 g/mol. The Morgan fingerprint density at radius 1 is 1.29 bits per heavy atom. The van der Waals surface area contributed by atoms with Gasteiger partial charge in [0.2, 0.25) is 0 Å². The second kappa shape index (κ2) is 5.85. The van der Waals surface area contributed by atoms with Gasteiger partial charge in [-0.3, -0.25) is 4.68 Å². The predicted molar refractivity (Wildman–Crippen MR) is 81.0 cm³/mol. The molecule has 110 valence electrons. The molecule has 0 unspecified atom stereocenters. The maximum Gasteiger partial charge on any atom is 0.125 e. The minimum atomic E-state index is -0.267. The second-order valence-electron chi connectivity index (χ2n) is 5.02. The number of aryl methyl sites for hydroxylation is 4. The van der Waals surface area contributed by atoms with Gasteiger partial charge in [0.1, 0.15) is 11.6 Å². The number of imidazole rings is 1. The molecule has 1 aromatic carbocycles. The Balaban J connectivity index is 1.92. The van der Waals surface area contributed by atoms with Gasteiger partial charge >= 0.3 is 0 Å². The van der Waals surface area contributed by atoms with Crippen LogP contribution in [-0.4, -0.2) is 25.2 Å². The minimum Gasteiger partial charge on any atom is -0.328 e. The molecule has 0 aliphatic rings. The van der Waals surface area contributed by atoms with Gasteiger partial charge in [-0.15, -0.1) is 11.6 Å². The molecule has 3 aromatic rings. The fourth-order valence-corrected chi connectivity index (χ4v) is 2.69. The smallest absolute Gasteiger partial charge is 0.125 e. The summed E-state index contributed by atoms with van der Waals surface area (Å²) in [5.41, 5.74) is 2.79. The highest BCUT2D eigenvalue weighted by molar-refractivity contribution is 6.17. The zero-order valence-corrected chi connectivity index (χ0v) is 12.5. The summed E-state index contributed by atoms with van der Waals surface area (Å²) >= 11 is 5.85. The number of fused-ring (bicyclic) bond motifs is 1. The van der Waals surface area contributed by atoms with Crippen LogP contribution in [0.2, 0.25) is 0 Å². The van der Waals surface area contributed by atoms with Crippen molar-refractivity contribution in [2.75, 3.05) is 5.88 Å². The van der Waals surface area contributed by atoms with Crippen LogP contribution in [0, 0.1) is 5.82 Å². The number of halogens is 2. The maximum atomic E-state index is 13.3. The Hall–Kier alpha value is -1.88. The lowest BCUT2D eigenvalue weighted by Crippen LogP contribution is -2.06. The van der Waals surface area contributed by atoms with Crippen molar-refractivity contribution in [3.05, 3.63) is 47.8 Å². The molecule has 0 amide bonds. The molecule has 0 fully saturated rings. The molecule has 0 radical (unpaired) electrons. The van der Waals surface area contributed by atoms with Crippen molar-refractivity contribution in [2.24, 2.45) is 7.05 Å². The van der Waals surface area contributed by atoms with Gasteiger partial charge in [-0.1, -0.05) is 0 Å². The van der Waals surface area contributed by atoms with E-state index in [0.717, 1.165) is 24.3 Å². The van der Waals surface area contributed by atoms with Gasteiger partial charge in [0.25, 0.3) is 0 Å². The number of hydrogen-bond donors (Lipinski definition) is 0. The third-order valence-corrected chi connectivity index (χ3v) is 3.68. The molecule has 0 bridgehead atoms. The summed E-state index contributed by atoms with van der Waals surface area (Å²) in [6, 6.07) is 4.71. The highest BCUT2D eigenvalue weighted by Gasteiger charge is 2.11. The average molecular weight is 307 g/mol. The molecule has 0 saturated heterocycles. The van der Waals surface area contributed by atoms with Crippen LogP contribution in [0.4, 0.5) is 4.39 Å². The van der Waals surface area contributed by atoms with Crippen molar-refractivity contribution < 1.29 is 4.39 Å². The summed E-state index contributed by atoms with van der Waals surface area (Å²) in [7, 11) is 1.90. The molecule has 21 heavy (non-hydrogen) atoms. The lowest BCUT2D eigenvalue weighted by molar-refractivity contribution is 0.629. The largest absolute Gasteiger partial charge is 0.328 e. The first-order valence-corrected chi connectivity index (χ1v) is 7.39. The maximum absolute atomic E-state index is 13.3. The lowest BCUT2D eigenvalue weighted by atomic mass is 10.2. The summed E-state index contributed by atoms with van der Waals surface area (Å²) in [6.45, 7) is 0.778. The van der Waals surface area contributed by atoms with Gasteiger partial charge < -0.3 is 4.57 Å². The molecular formula is C15H16ClFN4. The summed E-state index contributed by atoms with van der Waals surface area (Å²) in [4.78, 5) is 4.50. The first-order valence-electron chi connectivity index (χ1n) is 6.85. The van der Waals surface area contributed by atoms with Crippen LogP contribution in [0.15, 0.2) is 30.6 Å². The van der Waals surface area contributed by atoms with Crippen LogP contribution >= 0.6 is 11.6 Å². The van der Waals surface area contributed by atoms with Gasteiger partial charge in [-0.25, -0.2) is 9.37 Å². The Kier molecular flexibility index (Phi) is 3.92. The number of rotatable bonds is 5. The molecule has 0 aliphatic heterocycles. The van der Waals surface area contributed by atoms with Crippen LogP contribution in [0.5, 0.6) is 0 Å². The molecule has 3 rings (SSSR count). The van der Waals surface area contributed by atoms with Crippen molar-refractivity contribution in [1.82, 2.24) is 19.3 Å². The molecule has 0 saturated carbocycles. The van der Waals surface area contributed by atoms with E-state index in [1.165, 1.54) is 17.7 Å². The van der Waals surface area contributed by atoms with Crippen molar-refractivity contribution in [3.63, 3.8) is 0 Å². The second-order valence-corrected chi connectivity index (χ2v) is 5.40. The Morgan fingerprint density at radius 2 is 2.14 bits per heavy atom. The predicted octanol–water partition coefficient (Wildman–Crippen LogP) is 2.93. The van der Waals surface area contributed by atoms with Gasteiger partial charge in [-0.05, 0) is 24.1 Å². The SMILES string of the molecule is Cn1cc(CCn2c(CCCl)nc3cc(F)ccc32)cn1. The molecule has 6 heteroatoms. The van der Waals surface area contributed by atoms with Crippen LogP contribution < -0.4 is 0 Å². The molecule has 4 nitrogen and oxygen atoms in total. The fraction of sp³-hybridized carbons (Fsp3) is 0.333. The third-order valence-electron chi connectivity index (χ3n) is 3.49. The highest BCUT2D eigenvalue weighted by atomic mass is 35.5. The van der Waals surface area contributed by atoms with Crippen LogP contribution in [-0.2, 0) is 26.4 Å². The van der Waals surface area contributed by atoms with E-state index in [1.807, 2.05) is 19.4 Å². The van der Waals surface area contributed by atoms with E-state index in [-0.39, 0.29) is 5.82 Å². The lowest BCUT2D eigenvalue weighted by Gasteiger charge is -2.07.